The molecule has 0 saturated heterocycles. The Hall–Kier alpha value is -1.22. The summed E-state index contributed by atoms with van der Waals surface area (Å²) in [6.45, 7) is 0. The SMILES string of the molecule is O=C(F)C1(F)C(F)(F)C(F)(F)C(F)(S(=O)(=O)F)C(F)(F)C1(F)F. The van der Waals surface area contributed by atoms with Crippen LogP contribution in [0.1, 0.15) is 0 Å². The number of hydrogen-bond donors (Lipinski definition) is 0. The molecule has 0 spiro atoms. The maximum atomic E-state index is 13.4. The first-order valence-corrected chi connectivity index (χ1v) is 6.11. The molecule has 1 rings (SSSR count). The lowest BCUT2D eigenvalue weighted by Gasteiger charge is -2.51. The Morgan fingerprint density at radius 1 is 0.652 bits per heavy atom. The highest BCUT2D eigenvalue weighted by molar-refractivity contribution is 7.87. The largest absolute Gasteiger partial charge is 0.376 e. The van der Waals surface area contributed by atoms with Crippen LogP contribution < -0.4 is 0 Å². The van der Waals surface area contributed by atoms with Gasteiger partial charge < -0.3 is 0 Å². The lowest BCUT2D eigenvalue weighted by molar-refractivity contribution is -0.433. The van der Waals surface area contributed by atoms with Gasteiger partial charge in [0.05, 0.1) is 0 Å². The zero-order valence-electron chi connectivity index (χ0n) is 9.67. The zero-order chi connectivity index (χ0) is 19.1. The number of carbonyl (C=O) groups excluding carboxylic acids is 1. The van der Waals surface area contributed by atoms with Gasteiger partial charge in [0, 0.05) is 0 Å². The third-order valence-electron chi connectivity index (χ3n) is 3.07. The maximum absolute atomic E-state index is 13.4. The molecule has 1 saturated carbocycles. The molecule has 0 aromatic rings. The molecule has 0 atom stereocenters. The third kappa shape index (κ3) is 1.60. The Kier molecular flexibility index (Phi) is 3.66. The first kappa shape index (κ1) is 19.8. The van der Waals surface area contributed by atoms with E-state index in [1.54, 1.807) is 0 Å². The second kappa shape index (κ2) is 4.24. The molecule has 0 amide bonds. The summed E-state index contributed by atoms with van der Waals surface area (Å²) in [5.74, 6) is -31.1. The predicted octanol–water partition coefficient (Wildman–Crippen LogP) is 2.71. The van der Waals surface area contributed by atoms with Crippen LogP contribution in [0.5, 0.6) is 0 Å². The quantitative estimate of drug-likeness (QED) is 0.537. The average molecular weight is 392 g/mol. The summed E-state index contributed by atoms with van der Waals surface area (Å²) in [6.07, 6.45) is 0. The van der Waals surface area contributed by atoms with Crippen LogP contribution in [0, 0.1) is 0 Å². The van der Waals surface area contributed by atoms with Crippen LogP contribution in [-0.4, -0.2) is 48.8 Å². The number of carbonyl (C=O) groups is 1. The summed E-state index contributed by atoms with van der Waals surface area (Å²) in [7, 11) is -8.29. The van der Waals surface area contributed by atoms with Gasteiger partial charge in [-0.05, 0) is 0 Å². The number of hydrogen-bond acceptors (Lipinski definition) is 3. The first-order valence-electron chi connectivity index (χ1n) is 4.72. The van der Waals surface area contributed by atoms with Gasteiger partial charge in [-0.3, -0.25) is 4.79 Å². The van der Waals surface area contributed by atoms with Gasteiger partial charge in [-0.25, -0.2) is 8.78 Å². The van der Waals surface area contributed by atoms with E-state index in [9.17, 15) is 65.4 Å². The highest BCUT2D eigenvalue weighted by Gasteiger charge is 3.05. The Balaban J connectivity index is 4.15. The molecule has 0 aromatic heterocycles. The van der Waals surface area contributed by atoms with Gasteiger partial charge in [0.1, 0.15) is 0 Å². The molecule has 1 aliphatic rings. The minimum Gasteiger partial charge on any atom is -0.257 e. The Labute approximate surface area is 117 Å². The summed E-state index contributed by atoms with van der Waals surface area (Å²) in [5.41, 5.74) is -7.38. The number of halogens is 12. The predicted molar refractivity (Wildman–Crippen MR) is 43.6 cm³/mol. The van der Waals surface area contributed by atoms with Crippen molar-refractivity contribution in [3.63, 3.8) is 0 Å². The van der Waals surface area contributed by atoms with Crippen molar-refractivity contribution in [1.82, 2.24) is 0 Å². The van der Waals surface area contributed by atoms with Crippen LogP contribution in [-0.2, 0) is 15.0 Å². The fraction of sp³-hybridized carbons (Fsp3) is 0.857. The average Bonchev–Trinajstić information content (AvgIpc) is 2.32. The van der Waals surface area contributed by atoms with E-state index in [1.807, 2.05) is 0 Å². The molecule has 0 aliphatic heterocycles. The van der Waals surface area contributed by atoms with Gasteiger partial charge in [-0.1, -0.05) is 0 Å². The van der Waals surface area contributed by atoms with Crippen molar-refractivity contribution in [2.75, 3.05) is 0 Å². The van der Waals surface area contributed by atoms with Crippen molar-refractivity contribution in [3.05, 3.63) is 0 Å². The van der Waals surface area contributed by atoms with Crippen LogP contribution in [0.3, 0.4) is 0 Å². The van der Waals surface area contributed by atoms with Crippen LogP contribution in [0.2, 0.25) is 0 Å². The minimum absolute atomic E-state index is 4.79. The second-order valence-electron chi connectivity index (χ2n) is 4.26. The standard InChI is InChI=1S/C7F12O3S/c8-1(20)2(9)3(10,11)5(14,15)7(18,23(19,21)22)6(16,17)4(2,12)13. The van der Waals surface area contributed by atoms with E-state index in [-0.39, 0.29) is 0 Å². The molecule has 0 bridgehead atoms. The Morgan fingerprint density at radius 2 is 0.913 bits per heavy atom. The molecular weight excluding hydrogens is 392 g/mol. The van der Waals surface area contributed by atoms with E-state index < -0.39 is 50.6 Å². The van der Waals surface area contributed by atoms with Crippen molar-refractivity contribution in [2.24, 2.45) is 0 Å². The topological polar surface area (TPSA) is 51.2 Å². The minimum atomic E-state index is -8.29. The molecule has 1 fully saturated rings. The van der Waals surface area contributed by atoms with E-state index in [2.05, 4.69) is 0 Å². The smallest absolute Gasteiger partial charge is 0.257 e. The van der Waals surface area contributed by atoms with Crippen molar-refractivity contribution >= 4 is 16.3 Å². The van der Waals surface area contributed by atoms with Gasteiger partial charge in [0.25, 0.3) is 0 Å². The van der Waals surface area contributed by atoms with Gasteiger partial charge in [0.15, 0.2) is 0 Å². The number of rotatable bonds is 2. The molecule has 1 aliphatic carbocycles. The van der Waals surface area contributed by atoms with Gasteiger partial charge in [-0.15, -0.1) is 3.89 Å². The lowest BCUT2D eigenvalue weighted by Crippen LogP contribution is -2.87. The fourth-order valence-corrected chi connectivity index (χ4v) is 2.65. The van der Waals surface area contributed by atoms with Crippen molar-refractivity contribution in [1.29, 1.82) is 0 Å². The molecule has 0 radical (unpaired) electrons. The highest BCUT2D eigenvalue weighted by atomic mass is 32.3. The van der Waals surface area contributed by atoms with E-state index in [0.717, 1.165) is 0 Å². The summed E-state index contributed by atoms with van der Waals surface area (Å²) >= 11 is 0. The Bertz CT molecular complexity index is 624. The van der Waals surface area contributed by atoms with E-state index >= 15 is 0 Å². The van der Waals surface area contributed by atoms with Crippen LogP contribution >= 0.6 is 0 Å². The Morgan fingerprint density at radius 3 is 1.09 bits per heavy atom. The van der Waals surface area contributed by atoms with Crippen molar-refractivity contribution in [3.8, 4) is 0 Å². The summed E-state index contributed by atoms with van der Waals surface area (Å²) < 4.78 is 176. The first-order chi connectivity index (χ1) is 9.69. The van der Waals surface area contributed by atoms with Gasteiger partial charge in [-0.2, -0.15) is 47.9 Å². The van der Waals surface area contributed by atoms with Gasteiger partial charge in [0.2, 0.25) is 0 Å². The van der Waals surface area contributed by atoms with E-state index in [4.69, 9.17) is 0 Å². The summed E-state index contributed by atoms with van der Waals surface area (Å²) in [4.78, 5) is 9.95. The molecule has 3 nitrogen and oxygen atoms in total. The fourth-order valence-electron chi connectivity index (χ4n) is 1.78. The summed E-state index contributed by atoms with van der Waals surface area (Å²) in [6, 6.07) is -4.79. The monoisotopic (exact) mass is 392 g/mol. The lowest BCUT2D eigenvalue weighted by atomic mass is 9.73. The van der Waals surface area contributed by atoms with Crippen molar-refractivity contribution in [2.45, 2.75) is 34.4 Å². The van der Waals surface area contributed by atoms with E-state index in [0.29, 0.717) is 0 Å². The maximum Gasteiger partial charge on any atom is 0.376 e. The molecule has 136 valence electrons. The van der Waals surface area contributed by atoms with Crippen LogP contribution in [0.4, 0.5) is 52.2 Å². The normalized spacial score (nSPS) is 38.1. The molecular formula is C7F12O3S. The molecule has 23 heavy (non-hydrogen) atoms. The second-order valence-corrected chi connectivity index (χ2v) is 5.70. The molecule has 0 N–H and O–H groups in total. The van der Waals surface area contributed by atoms with Crippen LogP contribution in [0.25, 0.3) is 0 Å². The zero-order valence-corrected chi connectivity index (χ0v) is 10.5. The molecule has 0 heterocycles. The highest BCUT2D eigenvalue weighted by Crippen LogP contribution is 2.70. The third-order valence-corrected chi connectivity index (χ3v) is 4.25. The van der Waals surface area contributed by atoms with E-state index in [1.165, 1.54) is 0 Å². The number of alkyl halides is 10. The molecule has 0 aromatic carbocycles. The van der Waals surface area contributed by atoms with Gasteiger partial charge >= 0.3 is 50.6 Å². The van der Waals surface area contributed by atoms with Crippen LogP contribution in [0.15, 0.2) is 0 Å². The summed E-state index contributed by atoms with van der Waals surface area (Å²) in [5, 5.41) is -7.70. The van der Waals surface area contributed by atoms with Crippen molar-refractivity contribution < 1.29 is 65.4 Å². The molecule has 0 unspecified atom stereocenters. The molecule has 16 heteroatoms.